The minimum atomic E-state index is -5.13. The lowest BCUT2D eigenvalue weighted by Crippen LogP contribution is -2.32. The molecular weight excluding hydrogens is 407 g/mol. The number of fused-ring (bicyclic) bond motifs is 1. The predicted octanol–water partition coefficient (Wildman–Crippen LogP) is 3.39. The molecule has 0 N–H and O–H groups in total. The van der Waals surface area contributed by atoms with Crippen LogP contribution in [0.4, 0.5) is 13.2 Å². The van der Waals surface area contributed by atoms with E-state index in [1.165, 1.54) is 19.1 Å². The highest BCUT2D eigenvalue weighted by Crippen LogP contribution is 2.32. The maximum atomic E-state index is 12.6. The number of carbonyl (C=O) groups excluding carboxylic acids is 1. The molecule has 11 heteroatoms. The van der Waals surface area contributed by atoms with E-state index in [9.17, 15) is 26.7 Å². The van der Waals surface area contributed by atoms with Gasteiger partial charge >= 0.3 is 11.5 Å². The van der Waals surface area contributed by atoms with E-state index in [1.54, 1.807) is 24.3 Å². The quantitative estimate of drug-likeness (QED) is 0.234. The van der Waals surface area contributed by atoms with Gasteiger partial charge in [0.05, 0.1) is 7.05 Å². The minimum Gasteiger partial charge on any atom is -0.591 e. The van der Waals surface area contributed by atoms with E-state index in [-0.39, 0.29) is 16.2 Å². The molecule has 0 fully saturated rings. The molecule has 0 aliphatic carbocycles. The first-order chi connectivity index (χ1) is 12.5. The molecule has 6 nitrogen and oxygen atoms in total. The largest absolute Gasteiger partial charge is 0.591 e. The summed E-state index contributed by atoms with van der Waals surface area (Å²) in [4.78, 5) is 11.7. The van der Waals surface area contributed by atoms with Crippen LogP contribution in [0, 0.1) is 0 Å². The van der Waals surface area contributed by atoms with E-state index in [4.69, 9.17) is 4.74 Å². The van der Waals surface area contributed by atoms with E-state index in [0.29, 0.717) is 15.2 Å². The third kappa shape index (κ3) is 5.30. The normalized spacial score (nSPS) is 14.2. The fourth-order valence-electron chi connectivity index (χ4n) is 1.95. The van der Waals surface area contributed by atoms with Gasteiger partial charge in [-0.25, -0.2) is 9.00 Å². The summed E-state index contributed by atoms with van der Waals surface area (Å²) in [7, 11) is 0.946. The van der Waals surface area contributed by atoms with Crippen molar-refractivity contribution in [1.82, 2.24) is 4.47 Å². The molecule has 0 aliphatic rings. The maximum absolute atomic E-state index is 12.6. The summed E-state index contributed by atoms with van der Waals surface area (Å²) in [5, 5.41) is 0.956. The number of hydrogen-bond donors (Lipinski definition) is 0. The molecule has 2 rings (SSSR count). The Morgan fingerprint density at radius 2 is 1.93 bits per heavy atom. The van der Waals surface area contributed by atoms with Gasteiger partial charge < -0.3 is 9.29 Å². The van der Waals surface area contributed by atoms with Crippen LogP contribution in [0.25, 0.3) is 10.8 Å². The van der Waals surface area contributed by atoms with Crippen molar-refractivity contribution in [1.29, 1.82) is 0 Å². The second kappa shape index (κ2) is 8.40. The molecule has 0 aliphatic heterocycles. The number of benzene rings is 2. The average molecular weight is 421 g/mol. The van der Waals surface area contributed by atoms with Crippen molar-refractivity contribution in [3.63, 3.8) is 0 Å². The van der Waals surface area contributed by atoms with Crippen LogP contribution < -0.4 is 4.74 Å². The van der Waals surface area contributed by atoms with Crippen LogP contribution in [0.1, 0.15) is 6.92 Å². The lowest BCUT2D eigenvalue weighted by molar-refractivity contribution is -0.130. The molecule has 2 aromatic rings. The second-order valence-corrected chi connectivity index (χ2v) is 7.79. The summed E-state index contributed by atoms with van der Waals surface area (Å²) in [6, 6.07) is 9.28. The lowest BCUT2D eigenvalue weighted by Gasteiger charge is -2.20. The smallest absolute Gasteiger partial charge is 0.498 e. The van der Waals surface area contributed by atoms with Crippen molar-refractivity contribution in [3.05, 3.63) is 48.6 Å². The van der Waals surface area contributed by atoms with Crippen LogP contribution in [-0.2, 0) is 31.5 Å². The van der Waals surface area contributed by atoms with E-state index in [2.05, 4.69) is 10.9 Å². The van der Waals surface area contributed by atoms with Crippen LogP contribution >= 0.6 is 0 Å². The van der Waals surface area contributed by atoms with Gasteiger partial charge in [0.15, 0.2) is 4.90 Å². The van der Waals surface area contributed by atoms with Crippen molar-refractivity contribution in [2.75, 3.05) is 7.05 Å². The van der Waals surface area contributed by atoms with E-state index < -0.39 is 33.9 Å². The van der Waals surface area contributed by atoms with Gasteiger partial charge in [-0.05, 0) is 24.4 Å². The Hall–Kier alpha value is -1.92. The van der Waals surface area contributed by atoms with Crippen LogP contribution in [0.3, 0.4) is 0 Å². The second-order valence-electron chi connectivity index (χ2n) is 5.26. The molecule has 0 aromatic heterocycles. The van der Waals surface area contributed by atoms with Gasteiger partial charge in [-0.15, -0.1) is 4.28 Å². The highest BCUT2D eigenvalue weighted by atomic mass is 32.2. The standard InChI is InChI=1S/C16H14F3NO5S2/c1-10(2)15(21)24-12-8-11-6-4-5-7-13(11)14(9-12)26(22)20(3)25-27(23)16(17,18)19/h4-9H,1H2,2-3H3. The molecule has 146 valence electrons. The highest BCUT2D eigenvalue weighted by molar-refractivity contribution is 7.90. The van der Waals surface area contributed by atoms with Crippen LogP contribution in [0.15, 0.2) is 53.4 Å². The zero-order valence-electron chi connectivity index (χ0n) is 14.1. The van der Waals surface area contributed by atoms with Gasteiger partial charge in [0, 0.05) is 21.5 Å². The van der Waals surface area contributed by atoms with Crippen molar-refractivity contribution in [2.45, 2.75) is 17.3 Å². The Balaban J connectivity index is 2.41. The summed E-state index contributed by atoms with van der Waals surface area (Å²) >= 11 is -5.97. The molecule has 2 aromatic carbocycles. The Morgan fingerprint density at radius 1 is 1.30 bits per heavy atom. The van der Waals surface area contributed by atoms with Crippen molar-refractivity contribution in [2.24, 2.45) is 0 Å². The summed E-state index contributed by atoms with van der Waals surface area (Å²) in [5.41, 5.74) is -4.99. The Kier molecular flexibility index (Phi) is 6.65. The molecule has 27 heavy (non-hydrogen) atoms. The molecular formula is C16H14F3NO5S2. The topological polar surface area (TPSA) is 78.9 Å². The van der Waals surface area contributed by atoms with Gasteiger partial charge in [-0.2, -0.15) is 13.2 Å². The number of rotatable bonds is 6. The Labute approximate surface area is 158 Å². The van der Waals surface area contributed by atoms with E-state index in [0.717, 1.165) is 7.05 Å². The van der Waals surface area contributed by atoms with Crippen molar-refractivity contribution < 1.29 is 35.7 Å². The number of carbonyl (C=O) groups is 1. The molecule has 2 atom stereocenters. The van der Waals surface area contributed by atoms with Gasteiger partial charge in [-0.1, -0.05) is 24.8 Å². The average Bonchev–Trinajstić information content (AvgIpc) is 2.59. The molecule has 0 saturated carbocycles. The molecule has 0 radical (unpaired) electrons. The summed E-state index contributed by atoms with van der Waals surface area (Å²) in [6.07, 6.45) is 0. The summed E-state index contributed by atoms with van der Waals surface area (Å²) in [6.45, 7) is 4.89. The van der Waals surface area contributed by atoms with Gasteiger partial charge in [0.25, 0.3) is 11.1 Å². The van der Waals surface area contributed by atoms with E-state index in [1.807, 2.05) is 0 Å². The number of nitrogens with zero attached hydrogens (tertiary/aromatic N) is 1. The van der Waals surface area contributed by atoms with Gasteiger partial charge in [0.2, 0.25) is 0 Å². The Bertz CT molecular complexity index is 903. The SMILES string of the molecule is C=C(C)C(=O)Oc1cc([S+]([O-])N(C)OS(=O)C(F)(F)F)c2ccccc2c1. The van der Waals surface area contributed by atoms with Crippen LogP contribution in [-0.4, -0.2) is 31.8 Å². The third-order valence-electron chi connectivity index (χ3n) is 3.14. The summed E-state index contributed by atoms with van der Waals surface area (Å²) in [5.74, 6) is -0.694. The fraction of sp³-hybridized carbons (Fsp3) is 0.188. The number of halogens is 3. The zero-order valence-corrected chi connectivity index (χ0v) is 15.7. The predicted molar refractivity (Wildman–Crippen MR) is 93.9 cm³/mol. The number of ether oxygens (including phenoxy) is 1. The molecule has 0 spiro atoms. The van der Waals surface area contributed by atoms with E-state index >= 15 is 0 Å². The highest BCUT2D eigenvalue weighted by Gasteiger charge is 2.42. The number of esters is 1. The van der Waals surface area contributed by atoms with Crippen molar-refractivity contribution >= 4 is 39.2 Å². The molecule has 0 saturated heterocycles. The Morgan fingerprint density at radius 3 is 2.52 bits per heavy atom. The molecule has 0 bridgehead atoms. The maximum Gasteiger partial charge on any atom is 0.498 e. The first-order valence-corrected chi connectivity index (χ1v) is 9.42. The minimum absolute atomic E-state index is 0.0132. The van der Waals surface area contributed by atoms with Gasteiger partial charge in [-0.3, -0.25) is 0 Å². The monoisotopic (exact) mass is 421 g/mol. The number of hydrogen-bond acceptors (Lipinski definition) is 6. The first-order valence-electron chi connectivity index (χ1n) is 7.24. The lowest BCUT2D eigenvalue weighted by atomic mass is 10.1. The van der Waals surface area contributed by atoms with Crippen LogP contribution in [0.5, 0.6) is 5.75 Å². The summed E-state index contributed by atoms with van der Waals surface area (Å²) < 4.78 is 70.5. The van der Waals surface area contributed by atoms with Crippen LogP contribution in [0.2, 0.25) is 0 Å². The van der Waals surface area contributed by atoms with Crippen molar-refractivity contribution in [3.8, 4) is 5.75 Å². The van der Waals surface area contributed by atoms with Gasteiger partial charge in [0.1, 0.15) is 17.1 Å². The fourth-order valence-corrected chi connectivity index (χ4v) is 3.48. The third-order valence-corrected chi connectivity index (χ3v) is 5.23. The molecule has 0 heterocycles. The number of hydroxylamine groups is 1. The molecule has 2 unspecified atom stereocenters. The molecule has 0 amide bonds. The zero-order chi connectivity index (χ0) is 20.4. The number of alkyl halides is 3. The first kappa shape index (κ1) is 21.4.